The molecule has 1 N–H and O–H groups in total. The Balaban J connectivity index is 1.92. The Morgan fingerprint density at radius 1 is 1.32 bits per heavy atom. The topological polar surface area (TPSA) is 74.2 Å². The van der Waals surface area contributed by atoms with E-state index in [-0.39, 0.29) is 11.7 Å². The number of rotatable bonds is 5. The summed E-state index contributed by atoms with van der Waals surface area (Å²) in [4.78, 5) is 22.5. The molecule has 4 unspecified atom stereocenters. The van der Waals surface area contributed by atoms with E-state index >= 15 is 0 Å². The lowest BCUT2D eigenvalue weighted by molar-refractivity contribution is -0.624. The van der Waals surface area contributed by atoms with Crippen LogP contribution in [-0.2, 0) is 29.8 Å². The van der Waals surface area contributed by atoms with Crippen molar-refractivity contribution in [2.75, 3.05) is 14.2 Å². The molecule has 28 heavy (non-hydrogen) atoms. The first-order chi connectivity index (χ1) is 13.3. The molecule has 1 aromatic rings. The summed E-state index contributed by atoms with van der Waals surface area (Å²) in [5, 5.41) is 10.5. The third-order valence-corrected chi connectivity index (χ3v) is 5.92. The quantitative estimate of drug-likeness (QED) is 0.354. The van der Waals surface area contributed by atoms with Gasteiger partial charge in [0.1, 0.15) is 5.75 Å². The Morgan fingerprint density at radius 3 is 2.61 bits per heavy atom. The molecule has 2 fully saturated rings. The molecule has 1 aliphatic carbocycles. The Bertz CT molecular complexity index is 796. The van der Waals surface area contributed by atoms with Gasteiger partial charge in [0.05, 0.1) is 7.11 Å². The van der Waals surface area contributed by atoms with E-state index in [9.17, 15) is 9.90 Å². The highest BCUT2D eigenvalue weighted by Crippen LogP contribution is 2.57. The summed E-state index contributed by atoms with van der Waals surface area (Å²) in [6.45, 7) is 8.37. The predicted octanol–water partition coefficient (Wildman–Crippen LogP) is 4.09. The lowest BCUT2D eigenvalue weighted by atomic mass is 9.67. The lowest BCUT2D eigenvalue weighted by Gasteiger charge is -2.57. The van der Waals surface area contributed by atoms with Crippen LogP contribution in [0.3, 0.4) is 0 Å². The minimum absolute atomic E-state index is 0.00773. The van der Waals surface area contributed by atoms with E-state index in [4.69, 9.17) is 14.5 Å². The van der Waals surface area contributed by atoms with Crippen molar-refractivity contribution in [2.24, 2.45) is 11.8 Å². The van der Waals surface area contributed by atoms with Gasteiger partial charge < -0.3 is 14.6 Å². The zero-order valence-electron chi connectivity index (χ0n) is 16.9. The van der Waals surface area contributed by atoms with Gasteiger partial charge in [-0.25, -0.2) is 9.68 Å². The van der Waals surface area contributed by atoms with Crippen molar-refractivity contribution in [1.29, 1.82) is 0 Å². The van der Waals surface area contributed by atoms with Crippen LogP contribution in [0.1, 0.15) is 44.2 Å². The molecule has 1 saturated heterocycles. The zero-order valence-corrected chi connectivity index (χ0v) is 16.9. The summed E-state index contributed by atoms with van der Waals surface area (Å²) in [5.74, 6) is -0.920. The van der Waals surface area contributed by atoms with Crippen LogP contribution < -0.4 is 0 Å². The van der Waals surface area contributed by atoms with Gasteiger partial charge in [-0.2, -0.15) is 4.89 Å². The van der Waals surface area contributed by atoms with Crippen molar-refractivity contribution in [1.82, 2.24) is 0 Å². The Labute approximate surface area is 165 Å². The summed E-state index contributed by atoms with van der Waals surface area (Å²) in [6.07, 6.45) is 5.60. The van der Waals surface area contributed by atoms with Crippen LogP contribution in [0, 0.1) is 11.8 Å². The molecule has 1 aromatic carbocycles. The summed E-state index contributed by atoms with van der Waals surface area (Å²) in [5.41, 5.74) is 1.63. The van der Waals surface area contributed by atoms with Crippen molar-refractivity contribution in [2.45, 2.75) is 44.5 Å². The molecule has 1 heterocycles. The average Bonchev–Trinajstić information content (AvgIpc) is 2.65. The Morgan fingerprint density at radius 2 is 2.07 bits per heavy atom. The molecule has 0 bridgehead atoms. The largest absolute Gasteiger partial charge is 0.507 e. The van der Waals surface area contributed by atoms with E-state index in [1.54, 1.807) is 19.2 Å². The SMILES string of the molecule is C=C1CC(C)CC(C2(C)OOC2(OC)c2ccc(/C=C/C(=O)OC)c(O)c2)C1. The molecule has 3 rings (SSSR count). The van der Waals surface area contributed by atoms with Crippen LogP contribution >= 0.6 is 0 Å². The normalized spacial score (nSPS) is 32.9. The molecule has 6 nitrogen and oxygen atoms in total. The Hall–Kier alpha value is -2.15. The number of hydrogen-bond acceptors (Lipinski definition) is 6. The fourth-order valence-electron chi connectivity index (χ4n) is 4.39. The monoisotopic (exact) mass is 388 g/mol. The molecule has 1 aliphatic heterocycles. The number of phenols is 1. The molecule has 0 spiro atoms. The summed E-state index contributed by atoms with van der Waals surface area (Å²) >= 11 is 0. The highest BCUT2D eigenvalue weighted by atomic mass is 17.3. The highest BCUT2D eigenvalue weighted by molar-refractivity contribution is 5.87. The molecule has 0 aromatic heterocycles. The summed E-state index contributed by atoms with van der Waals surface area (Å²) in [6, 6.07) is 5.10. The number of aromatic hydroxyl groups is 1. The number of methoxy groups -OCH3 is 2. The fourth-order valence-corrected chi connectivity index (χ4v) is 4.39. The van der Waals surface area contributed by atoms with Gasteiger partial charge in [-0.15, -0.1) is 0 Å². The van der Waals surface area contributed by atoms with Gasteiger partial charge in [-0.1, -0.05) is 31.2 Å². The zero-order chi connectivity index (χ0) is 20.5. The maximum absolute atomic E-state index is 11.3. The fraction of sp³-hybridized carbons (Fsp3) is 0.500. The van der Waals surface area contributed by atoms with E-state index in [1.807, 2.05) is 13.0 Å². The molecule has 0 amide bonds. The molecule has 4 atom stereocenters. The number of allylic oxidation sites excluding steroid dienone is 1. The number of hydrogen-bond donors (Lipinski definition) is 1. The lowest BCUT2D eigenvalue weighted by Crippen LogP contribution is -2.67. The first-order valence-electron chi connectivity index (χ1n) is 9.44. The van der Waals surface area contributed by atoms with Gasteiger partial charge in [0.25, 0.3) is 5.79 Å². The van der Waals surface area contributed by atoms with Crippen molar-refractivity contribution in [3.63, 3.8) is 0 Å². The van der Waals surface area contributed by atoms with E-state index in [0.29, 0.717) is 17.0 Å². The van der Waals surface area contributed by atoms with E-state index < -0.39 is 17.4 Å². The number of carbonyl (C=O) groups excluding carboxylic acids is 1. The molecule has 1 saturated carbocycles. The van der Waals surface area contributed by atoms with Crippen LogP contribution in [-0.4, -0.2) is 30.9 Å². The van der Waals surface area contributed by atoms with Crippen molar-refractivity contribution in [3.8, 4) is 5.75 Å². The first kappa shape index (κ1) is 20.6. The van der Waals surface area contributed by atoms with Gasteiger partial charge in [-0.3, -0.25) is 0 Å². The van der Waals surface area contributed by atoms with Gasteiger partial charge in [0, 0.05) is 30.2 Å². The van der Waals surface area contributed by atoms with Gasteiger partial charge in [0.2, 0.25) is 0 Å². The summed E-state index contributed by atoms with van der Waals surface area (Å²) < 4.78 is 10.4. The van der Waals surface area contributed by atoms with Gasteiger partial charge in [-0.05, 0) is 44.2 Å². The first-order valence-corrected chi connectivity index (χ1v) is 9.44. The average molecular weight is 388 g/mol. The molecule has 2 aliphatic rings. The third-order valence-electron chi connectivity index (χ3n) is 5.92. The number of phenolic OH excluding ortho intramolecular Hbond substituents is 1. The smallest absolute Gasteiger partial charge is 0.330 e. The molecule has 0 radical (unpaired) electrons. The molecule has 6 heteroatoms. The number of esters is 1. The summed E-state index contributed by atoms with van der Waals surface area (Å²) in [7, 11) is 2.87. The minimum atomic E-state index is -1.13. The number of carbonyl (C=O) groups is 1. The molecular weight excluding hydrogens is 360 g/mol. The van der Waals surface area contributed by atoms with Gasteiger partial charge in [0.15, 0.2) is 5.60 Å². The van der Waals surface area contributed by atoms with Crippen LogP contribution in [0.25, 0.3) is 6.08 Å². The van der Waals surface area contributed by atoms with Crippen LogP contribution in [0.15, 0.2) is 36.4 Å². The third kappa shape index (κ3) is 3.36. The predicted molar refractivity (Wildman–Crippen MR) is 104 cm³/mol. The number of ether oxygens (including phenoxy) is 2. The maximum Gasteiger partial charge on any atom is 0.330 e. The van der Waals surface area contributed by atoms with Crippen molar-refractivity contribution >= 4 is 12.0 Å². The van der Waals surface area contributed by atoms with Crippen molar-refractivity contribution < 1.29 is 29.1 Å². The van der Waals surface area contributed by atoms with Crippen LogP contribution in [0.4, 0.5) is 0 Å². The molecular formula is C22H28O6. The highest BCUT2D eigenvalue weighted by Gasteiger charge is 2.67. The van der Waals surface area contributed by atoms with Crippen molar-refractivity contribution in [3.05, 3.63) is 47.6 Å². The molecule has 152 valence electrons. The van der Waals surface area contributed by atoms with Crippen LogP contribution in [0.5, 0.6) is 5.75 Å². The van der Waals surface area contributed by atoms with Gasteiger partial charge >= 0.3 is 5.97 Å². The van der Waals surface area contributed by atoms with E-state index in [2.05, 4.69) is 18.2 Å². The standard InChI is InChI=1S/C22H28O6/c1-14-10-15(2)12-18(11-14)21(3)22(26-5,28-27-21)17-8-6-16(19(23)13-17)7-9-20(24)25-4/h6-9,13,15,18,23H,1,10-12H2,2-5H3/b9-7+. The Kier molecular flexibility index (Phi) is 5.66. The second kappa shape index (κ2) is 7.70. The van der Waals surface area contributed by atoms with E-state index in [1.165, 1.54) is 24.8 Å². The van der Waals surface area contributed by atoms with Crippen LogP contribution in [0.2, 0.25) is 0 Å². The second-order valence-corrected chi connectivity index (χ2v) is 7.92. The second-order valence-electron chi connectivity index (χ2n) is 7.92. The number of benzene rings is 1. The minimum Gasteiger partial charge on any atom is -0.507 e. The van der Waals surface area contributed by atoms with E-state index in [0.717, 1.165) is 19.3 Å². The maximum atomic E-state index is 11.3.